The molecule has 1 aliphatic rings. The van der Waals surface area contributed by atoms with Crippen molar-refractivity contribution in [1.82, 2.24) is 0 Å². The summed E-state index contributed by atoms with van der Waals surface area (Å²) in [6.45, 7) is 7.30. The number of allylic oxidation sites excluding steroid dienone is 4. The average molecular weight is 268 g/mol. The van der Waals surface area contributed by atoms with Gasteiger partial charge in [0, 0.05) is 22.3 Å². The maximum Gasteiger partial charge on any atom is 0.190 e. The van der Waals surface area contributed by atoms with Crippen molar-refractivity contribution >= 4 is 11.6 Å². The minimum Gasteiger partial charge on any atom is -0.497 e. The van der Waals surface area contributed by atoms with E-state index < -0.39 is 0 Å². The van der Waals surface area contributed by atoms with Crippen LogP contribution >= 0.6 is 0 Å². The third-order valence-corrected chi connectivity index (χ3v) is 3.33. The molecule has 0 aliphatic heterocycles. The SMILES string of the molecule is C=CCC1=C(CC=C)C(=O)c2cc(OC)ccc2C1=O. The molecule has 0 bridgehead atoms. The molecular formula is C17H16O3. The molecule has 3 nitrogen and oxygen atoms in total. The van der Waals surface area contributed by atoms with Gasteiger partial charge in [0.15, 0.2) is 11.6 Å². The highest BCUT2D eigenvalue weighted by atomic mass is 16.5. The molecule has 0 aromatic heterocycles. The Hall–Kier alpha value is -2.42. The normalized spacial score (nSPS) is 14.1. The third kappa shape index (κ3) is 2.23. The Balaban J connectivity index is 2.62. The van der Waals surface area contributed by atoms with Crippen molar-refractivity contribution in [3.63, 3.8) is 0 Å². The van der Waals surface area contributed by atoms with E-state index >= 15 is 0 Å². The molecular weight excluding hydrogens is 252 g/mol. The number of hydrogen-bond donors (Lipinski definition) is 0. The van der Waals surface area contributed by atoms with E-state index in [0.29, 0.717) is 40.9 Å². The van der Waals surface area contributed by atoms with Crippen LogP contribution in [-0.4, -0.2) is 18.7 Å². The number of rotatable bonds is 5. The summed E-state index contributed by atoms with van der Waals surface area (Å²) in [6, 6.07) is 4.94. The van der Waals surface area contributed by atoms with Crippen molar-refractivity contribution in [3.8, 4) is 5.75 Å². The van der Waals surface area contributed by atoms with Gasteiger partial charge in [0.2, 0.25) is 0 Å². The first-order valence-corrected chi connectivity index (χ1v) is 6.35. The van der Waals surface area contributed by atoms with Gasteiger partial charge in [-0.3, -0.25) is 9.59 Å². The van der Waals surface area contributed by atoms with E-state index in [1.54, 1.807) is 30.4 Å². The van der Waals surface area contributed by atoms with Crippen LogP contribution in [0.15, 0.2) is 54.7 Å². The fourth-order valence-electron chi connectivity index (χ4n) is 2.36. The zero-order chi connectivity index (χ0) is 14.7. The molecule has 102 valence electrons. The lowest BCUT2D eigenvalue weighted by molar-refractivity contribution is 0.0971. The summed E-state index contributed by atoms with van der Waals surface area (Å²) < 4.78 is 5.12. The van der Waals surface area contributed by atoms with Gasteiger partial charge in [-0.1, -0.05) is 12.2 Å². The Labute approximate surface area is 118 Å². The minimum atomic E-state index is -0.129. The maximum atomic E-state index is 12.6. The predicted octanol–water partition coefficient (Wildman–Crippen LogP) is 3.52. The molecule has 0 saturated carbocycles. The van der Waals surface area contributed by atoms with Gasteiger partial charge in [-0.25, -0.2) is 0 Å². The fraction of sp³-hybridized carbons (Fsp3) is 0.176. The molecule has 0 heterocycles. The molecule has 0 N–H and O–H groups in total. The van der Waals surface area contributed by atoms with Gasteiger partial charge in [-0.05, 0) is 31.0 Å². The van der Waals surface area contributed by atoms with Crippen molar-refractivity contribution in [3.05, 3.63) is 65.8 Å². The number of carbonyl (C=O) groups is 2. The Bertz CT molecular complexity index is 636. The van der Waals surface area contributed by atoms with Gasteiger partial charge >= 0.3 is 0 Å². The molecule has 0 spiro atoms. The molecule has 0 radical (unpaired) electrons. The molecule has 2 rings (SSSR count). The number of methoxy groups -OCH3 is 1. The van der Waals surface area contributed by atoms with E-state index in [1.165, 1.54) is 7.11 Å². The number of hydrogen-bond acceptors (Lipinski definition) is 3. The zero-order valence-corrected chi connectivity index (χ0v) is 11.4. The van der Waals surface area contributed by atoms with Crippen LogP contribution in [0.3, 0.4) is 0 Å². The molecule has 20 heavy (non-hydrogen) atoms. The average Bonchev–Trinajstić information content (AvgIpc) is 2.47. The molecule has 0 fully saturated rings. The van der Waals surface area contributed by atoms with Crippen molar-refractivity contribution < 1.29 is 14.3 Å². The summed E-state index contributed by atoms with van der Waals surface area (Å²) in [5.74, 6) is 0.323. The minimum absolute atomic E-state index is 0.112. The van der Waals surface area contributed by atoms with Crippen molar-refractivity contribution in [2.75, 3.05) is 7.11 Å². The monoisotopic (exact) mass is 268 g/mol. The van der Waals surface area contributed by atoms with Crippen LogP contribution in [0, 0.1) is 0 Å². The van der Waals surface area contributed by atoms with Crippen LogP contribution in [0.5, 0.6) is 5.75 Å². The second-order valence-corrected chi connectivity index (χ2v) is 4.51. The van der Waals surface area contributed by atoms with E-state index in [1.807, 2.05) is 0 Å². The number of Topliss-reactive ketones (excluding diaryl/α,β-unsaturated/α-hetero) is 2. The molecule has 1 aromatic carbocycles. The molecule has 1 aliphatic carbocycles. The van der Waals surface area contributed by atoms with E-state index in [2.05, 4.69) is 13.2 Å². The van der Waals surface area contributed by atoms with Crippen LogP contribution in [0.25, 0.3) is 0 Å². The first-order valence-electron chi connectivity index (χ1n) is 6.35. The lowest BCUT2D eigenvalue weighted by atomic mass is 9.81. The van der Waals surface area contributed by atoms with Gasteiger partial charge < -0.3 is 4.74 Å². The van der Waals surface area contributed by atoms with Crippen molar-refractivity contribution in [2.24, 2.45) is 0 Å². The van der Waals surface area contributed by atoms with Crippen LogP contribution in [0.2, 0.25) is 0 Å². The van der Waals surface area contributed by atoms with Gasteiger partial charge in [0.25, 0.3) is 0 Å². The number of ketones is 2. The Kier molecular flexibility index (Phi) is 3.99. The number of ether oxygens (including phenoxy) is 1. The largest absolute Gasteiger partial charge is 0.497 e. The summed E-state index contributed by atoms with van der Waals surface area (Å²) in [6.07, 6.45) is 4.04. The first-order chi connectivity index (χ1) is 9.63. The number of carbonyl (C=O) groups excluding carboxylic acids is 2. The second kappa shape index (κ2) is 5.70. The highest BCUT2D eigenvalue weighted by Crippen LogP contribution is 2.32. The quantitative estimate of drug-likeness (QED) is 0.767. The van der Waals surface area contributed by atoms with Crippen LogP contribution in [0.4, 0.5) is 0 Å². The molecule has 0 amide bonds. The summed E-state index contributed by atoms with van der Waals surface area (Å²) in [4.78, 5) is 25.1. The van der Waals surface area contributed by atoms with Crippen molar-refractivity contribution in [1.29, 1.82) is 0 Å². The Morgan fingerprint density at radius 1 is 1.00 bits per heavy atom. The van der Waals surface area contributed by atoms with E-state index in [4.69, 9.17) is 4.74 Å². The van der Waals surface area contributed by atoms with E-state index in [-0.39, 0.29) is 11.6 Å². The summed E-state index contributed by atoms with van der Waals surface area (Å²) in [5.41, 5.74) is 1.85. The first kappa shape index (κ1) is 14.0. The van der Waals surface area contributed by atoms with Crippen LogP contribution < -0.4 is 4.74 Å². The van der Waals surface area contributed by atoms with E-state index in [9.17, 15) is 9.59 Å². The van der Waals surface area contributed by atoms with Gasteiger partial charge in [-0.2, -0.15) is 0 Å². The number of benzene rings is 1. The topological polar surface area (TPSA) is 43.4 Å². The van der Waals surface area contributed by atoms with Gasteiger partial charge in [0.05, 0.1) is 7.11 Å². The zero-order valence-electron chi connectivity index (χ0n) is 11.4. The third-order valence-electron chi connectivity index (χ3n) is 3.33. The molecule has 0 atom stereocenters. The molecule has 3 heteroatoms. The lowest BCUT2D eigenvalue weighted by Gasteiger charge is -2.20. The standard InChI is InChI=1S/C17H16O3/c1-4-6-12-13(7-5-2)17(19)15-10-11(20-3)8-9-14(15)16(12)18/h4-5,8-10H,1-2,6-7H2,3H3. The van der Waals surface area contributed by atoms with Gasteiger partial charge in [0.1, 0.15) is 5.75 Å². The second-order valence-electron chi connectivity index (χ2n) is 4.51. The number of fused-ring (bicyclic) bond motifs is 1. The highest BCUT2D eigenvalue weighted by molar-refractivity contribution is 6.27. The Morgan fingerprint density at radius 3 is 2.05 bits per heavy atom. The summed E-state index contributed by atoms with van der Waals surface area (Å²) >= 11 is 0. The fourth-order valence-corrected chi connectivity index (χ4v) is 2.36. The smallest absolute Gasteiger partial charge is 0.190 e. The van der Waals surface area contributed by atoms with E-state index in [0.717, 1.165) is 0 Å². The lowest BCUT2D eigenvalue weighted by Crippen LogP contribution is -2.22. The van der Waals surface area contributed by atoms with Crippen LogP contribution in [0.1, 0.15) is 33.6 Å². The molecule has 1 aromatic rings. The molecule has 0 saturated heterocycles. The predicted molar refractivity (Wildman–Crippen MR) is 78.3 cm³/mol. The van der Waals surface area contributed by atoms with Crippen molar-refractivity contribution in [2.45, 2.75) is 12.8 Å². The Morgan fingerprint density at radius 2 is 1.55 bits per heavy atom. The molecule has 0 unspecified atom stereocenters. The van der Waals surface area contributed by atoms with Crippen LogP contribution in [-0.2, 0) is 0 Å². The summed E-state index contributed by atoms with van der Waals surface area (Å²) in [7, 11) is 1.53. The summed E-state index contributed by atoms with van der Waals surface area (Å²) in [5, 5.41) is 0. The highest BCUT2D eigenvalue weighted by Gasteiger charge is 2.30. The van der Waals surface area contributed by atoms with Gasteiger partial charge in [-0.15, -0.1) is 13.2 Å². The maximum absolute atomic E-state index is 12.6.